The summed E-state index contributed by atoms with van der Waals surface area (Å²) < 4.78 is 0.852. The van der Waals surface area contributed by atoms with Gasteiger partial charge in [0.15, 0.2) is 0 Å². The van der Waals surface area contributed by atoms with E-state index in [1.54, 1.807) is 12.3 Å². The fourth-order valence-electron chi connectivity index (χ4n) is 1.68. The molecule has 2 rings (SSSR count). The molecule has 0 aliphatic heterocycles. The van der Waals surface area contributed by atoms with Gasteiger partial charge in [0.2, 0.25) is 0 Å². The van der Waals surface area contributed by atoms with Crippen LogP contribution in [0.2, 0.25) is 5.02 Å². The van der Waals surface area contributed by atoms with Crippen molar-refractivity contribution >= 4 is 33.3 Å². The number of aliphatic hydroxyl groups excluding tert-OH is 1. The number of anilines is 1. The Morgan fingerprint density at radius 2 is 2.33 bits per heavy atom. The molecule has 0 bridgehead atoms. The van der Waals surface area contributed by atoms with Crippen molar-refractivity contribution in [3.8, 4) is 0 Å². The second kappa shape index (κ2) is 4.28. The summed E-state index contributed by atoms with van der Waals surface area (Å²) in [5.41, 5.74) is -0.204. The standard InChI is InChI=1S/C10H12BrClN2O/c11-7-4-8(12)9(13-5-7)14-10(6-15)2-1-3-10/h4-5,15H,1-3,6H2,(H,13,14). The first-order valence-corrected chi connectivity index (χ1v) is 6.02. The Balaban J connectivity index is 2.16. The van der Waals surface area contributed by atoms with Crippen molar-refractivity contribution in [1.29, 1.82) is 0 Å². The number of hydrogen-bond acceptors (Lipinski definition) is 3. The average Bonchev–Trinajstić information content (AvgIpc) is 2.14. The lowest BCUT2D eigenvalue weighted by Crippen LogP contribution is -2.48. The van der Waals surface area contributed by atoms with Crippen LogP contribution in [0.15, 0.2) is 16.7 Å². The second-order valence-electron chi connectivity index (χ2n) is 3.90. The van der Waals surface area contributed by atoms with Gasteiger partial charge in [0.25, 0.3) is 0 Å². The molecular weight excluding hydrogens is 279 g/mol. The van der Waals surface area contributed by atoms with Gasteiger partial charge in [0.1, 0.15) is 5.82 Å². The van der Waals surface area contributed by atoms with Gasteiger partial charge in [-0.1, -0.05) is 11.6 Å². The van der Waals surface area contributed by atoms with E-state index in [4.69, 9.17) is 11.6 Å². The molecule has 1 aliphatic carbocycles. The fraction of sp³-hybridized carbons (Fsp3) is 0.500. The first kappa shape index (κ1) is 11.2. The highest BCUT2D eigenvalue weighted by Crippen LogP contribution is 2.36. The summed E-state index contributed by atoms with van der Waals surface area (Å²) >= 11 is 9.34. The molecule has 1 aliphatic rings. The molecule has 1 saturated carbocycles. The first-order chi connectivity index (χ1) is 7.15. The summed E-state index contributed by atoms with van der Waals surface area (Å²) in [6, 6.07) is 1.79. The quantitative estimate of drug-likeness (QED) is 0.900. The van der Waals surface area contributed by atoms with Crippen LogP contribution >= 0.6 is 27.5 Å². The second-order valence-corrected chi connectivity index (χ2v) is 5.22. The van der Waals surface area contributed by atoms with Crippen LogP contribution in [0.3, 0.4) is 0 Å². The average molecular weight is 292 g/mol. The number of rotatable bonds is 3. The van der Waals surface area contributed by atoms with Crippen molar-refractivity contribution < 1.29 is 5.11 Å². The molecule has 82 valence electrons. The minimum absolute atomic E-state index is 0.126. The largest absolute Gasteiger partial charge is 0.394 e. The van der Waals surface area contributed by atoms with Gasteiger partial charge in [0.05, 0.1) is 17.2 Å². The number of aliphatic hydroxyl groups is 1. The van der Waals surface area contributed by atoms with Gasteiger partial charge in [-0.05, 0) is 41.3 Å². The Morgan fingerprint density at radius 3 is 2.80 bits per heavy atom. The molecule has 0 aromatic carbocycles. The Labute approximate surface area is 102 Å². The maximum atomic E-state index is 9.30. The Bertz CT molecular complexity index is 363. The van der Waals surface area contributed by atoms with Crippen LogP contribution in [0, 0.1) is 0 Å². The first-order valence-electron chi connectivity index (χ1n) is 4.85. The lowest BCUT2D eigenvalue weighted by molar-refractivity contribution is 0.144. The molecule has 2 N–H and O–H groups in total. The highest BCUT2D eigenvalue weighted by Gasteiger charge is 2.36. The molecule has 0 saturated heterocycles. The van der Waals surface area contributed by atoms with Crippen LogP contribution in [-0.4, -0.2) is 22.2 Å². The smallest absolute Gasteiger partial charge is 0.145 e. The minimum atomic E-state index is -0.204. The van der Waals surface area contributed by atoms with Crippen molar-refractivity contribution in [2.45, 2.75) is 24.8 Å². The monoisotopic (exact) mass is 290 g/mol. The molecule has 0 amide bonds. The lowest BCUT2D eigenvalue weighted by atomic mass is 9.77. The molecular formula is C10H12BrClN2O. The Morgan fingerprint density at radius 1 is 1.60 bits per heavy atom. The van der Waals surface area contributed by atoms with Crippen molar-refractivity contribution in [3.05, 3.63) is 21.8 Å². The third-order valence-corrected chi connectivity index (χ3v) is 3.53. The summed E-state index contributed by atoms with van der Waals surface area (Å²) in [5, 5.41) is 13.1. The van der Waals surface area contributed by atoms with Gasteiger partial charge < -0.3 is 10.4 Å². The van der Waals surface area contributed by atoms with E-state index in [2.05, 4.69) is 26.2 Å². The van der Waals surface area contributed by atoms with E-state index in [0.717, 1.165) is 23.7 Å². The highest BCUT2D eigenvalue weighted by atomic mass is 79.9. The van der Waals surface area contributed by atoms with E-state index < -0.39 is 0 Å². The van der Waals surface area contributed by atoms with Crippen LogP contribution in [0.5, 0.6) is 0 Å². The molecule has 3 nitrogen and oxygen atoms in total. The van der Waals surface area contributed by atoms with Crippen LogP contribution in [0.1, 0.15) is 19.3 Å². The third-order valence-electron chi connectivity index (χ3n) is 2.80. The number of pyridine rings is 1. The zero-order chi connectivity index (χ0) is 10.9. The zero-order valence-electron chi connectivity index (χ0n) is 8.13. The molecule has 1 aromatic rings. The number of hydrogen-bond donors (Lipinski definition) is 2. The molecule has 1 heterocycles. The molecule has 0 unspecified atom stereocenters. The van der Waals surface area contributed by atoms with Crippen LogP contribution in [0.25, 0.3) is 0 Å². The predicted octanol–water partition coefficient (Wildman–Crippen LogP) is 2.82. The molecule has 0 spiro atoms. The van der Waals surface area contributed by atoms with E-state index in [0.29, 0.717) is 10.8 Å². The van der Waals surface area contributed by atoms with Crippen LogP contribution < -0.4 is 5.32 Å². The normalized spacial score (nSPS) is 18.3. The molecule has 15 heavy (non-hydrogen) atoms. The van der Waals surface area contributed by atoms with Gasteiger partial charge in [-0.25, -0.2) is 4.98 Å². The van der Waals surface area contributed by atoms with Gasteiger partial charge in [-0.15, -0.1) is 0 Å². The summed E-state index contributed by atoms with van der Waals surface area (Å²) in [6.45, 7) is 0.126. The highest BCUT2D eigenvalue weighted by molar-refractivity contribution is 9.10. The minimum Gasteiger partial charge on any atom is -0.394 e. The third kappa shape index (κ3) is 2.27. The van der Waals surface area contributed by atoms with Gasteiger partial charge >= 0.3 is 0 Å². The number of nitrogens with one attached hydrogen (secondary N) is 1. The van der Waals surface area contributed by atoms with Crippen molar-refractivity contribution in [1.82, 2.24) is 4.98 Å². The van der Waals surface area contributed by atoms with Crippen LogP contribution in [0.4, 0.5) is 5.82 Å². The van der Waals surface area contributed by atoms with E-state index in [1.807, 2.05) is 0 Å². The van der Waals surface area contributed by atoms with E-state index in [1.165, 1.54) is 0 Å². The Hall–Kier alpha value is -0.320. The molecule has 5 heteroatoms. The fourth-order valence-corrected chi connectivity index (χ4v) is 2.36. The Kier molecular flexibility index (Phi) is 3.19. The van der Waals surface area contributed by atoms with Crippen molar-refractivity contribution in [2.24, 2.45) is 0 Å². The molecule has 1 fully saturated rings. The molecule has 0 atom stereocenters. The maximum absolute atomic E-state index is 9.30. The molecule has 0 radical (unpaired) electrons. The predicted molar refractivity (Wildman–Crippen MR) is 64.2 cm³/mol. The van der Waals surface area contributed by atoms with Crippen molar-refractivity contribution in [2.75, 3.05) is 11.9 Å². The van der Waals surface area contributed by atoms with E-state index in [-0.39, 0.29) is 12.1 Å². The van der Waals surface area contributed by atoms with E-state index in [9.17, 15) is 5.11 Å². The van der Waals surface area contributed by atoms with Gasteiger partial charge in [-0.2, -0.15) is 0 Å². The summed E-state index contributed by atoms with van der Waals surface area (Å²) in [6.07, 6.45) is 4.77. The summed E-state index contributed by atoms with van der Waals surface area (Å²) in [5.74, 6) is 0.647. The SMILES string of the molecule is OCC1(Nc2ncc(Br)cc2Cl)CCC1. The van der Waals surface area contributed by atoms with E-state index >= 15 is 0 Å². The summed E-state index contributed by atoms with van der Waals surface area (Å²) in [4.78, 5) is 4.19. The maximum Gasteiger partial charge on any atom is 0.145 e. The van der Waals surface area contributed by atoms with Gasteiger partial charge in [0, 0.05) is 10.7 Å². The molecule has 1 aromatic heterocycles. The van der Waals surface area contributed by atoms with Crippen LogP contribution in [-0.2, 0) is 0 Å². The summed E-state index contributed by atoms with van der Waals surface area (Å²) in [7, 11) is 0. The van der Waals surface area contributed by atoms with Crippen molar-refractivity contribution in [3.63, 3.8) is 0 Å². The number of aromatic nitrogens is 1. The topological polar surface area (TPSA) is 45.1 Å². The lowest BCUT2D eigenvalue weighted by Gasteiger charge is -2.41. The number of halogens is 2. The number of nitrogens with zero attached hydrogens (tertiary/aromatic N) is 1. The van der Waals surface area contributed by atoms with Gasteiger partial charge in [-0.3, -0.25) is 0 Å². The zero-order valence-corrected chi connectivity index (χ0v) is 10.5.